The topological polar surface area (TPSA) is 88.7 Å². The molecule has 0 aliphatic carbocycles. The van der Waals surface area contributed by atoms with Crippen LogP contribution >= 0.6 is 0 Å². The van der Waals surface area contributed by atoms with E-state index in [2.05, 4.69) is 5.22 Å². The summed E-state index contributed by atoms with van der Waals surface area (Å²) in [5, 5.41) is 19.6. The van der Waals surface area contributed by atoms with Crippen LogP contribution in [0.2, 0.25) is 0 Å². The van der Waals surface area contributed by atoms with Gasteiger partial charge in [0.05, 0.1) is 0 Å². The molecule has 0 atom stereocenters. The summed E-state index contributed by atoms with van der Waals surface area (Å²) in [5.74, 6) is 0. The molecule has 0 fully saturated rings. The molecule has 6 heteroatoms. The van der Waals surface area contributed by atoms with Crippen LogP contribution < -0.4 is 5.34 Å². The highest BCUT2D eigenvalue weighted by molar-refractivity contribution is 6.37. The van der Waals surface area contributed by atoms with Gasteiger partial charge in [-0.25, -0.2) is 0 Å². The van der Waals surface area contributed by atoms with Crippen LogP contribution in [-0.4, -0.2) is 17.3 Å². The average Bonchev–Trinajstić information content (AvgIpc) is 1.35. The molecule has 0 heterocycles. The maximum Gasteiger partial charge on any atom is 0.603 e. The van der Waals surface area contributed by atoms with E-state index in [9.17, 15) is 0 Å². The maximum atomic E-state index is 7.78. The lowest BCUT2D eigenvalue weighted by Crippen LogP contribution is -2.28. The van der Waals surface area contributed by atoms with Gasteiger partial charge in [0.2, 0.25) is 0 Å². The molecular weight excluding hydrogens is 84.8 g/mol. The highest BCUT2D eigenvalue weighted by Crippen LogP contribution is 1.53. The first-order chi connectivity index (χ1) is 2.77. The van der Waals surface area contributed by atoms with Crippen molar-refractivity contribution in [2.24, 2.45) is 5.22 Å². The van der Waals surface area contributed by atoms with Crippen molar-refractivity contribution in [3.05, 3.63) is 0 Å². The van der Waals surface area contributed by atoms with Gasteiger partial charge in [0, 0.05) is 0 Å². The monoisotopic (exact) mass is 89.0 g/mol. The second-order valence-corrected chi connectivity index (χ2v) is 0.615. The van der Waals surface area contributed by atoms with Crippen molar-refractivity contribution in [2.45, 2.75) is 0 Å². The lowest BCUT2D eigenvalue weighted by atomic mass is 10.2. The molecule has 34 valence electrons. The Balaban J connectivity index is 2.81. The van der Waals surface area contributed by atoms with E-state index < -0.39 is 7.25 Å². The molecule has 0 amide bonds. The molecule has 0 aliphatic heterocycles. The quantitative estimate of drug-likeness (QED) is 0.188. The number of rotatable bonds is 2. The molecule has 6 heavy (non-hydrogen) atoms. The Bertz CT molecular complexity index is 44.1. The smallest absolute Gasteiger partial charge is 0.407 e. The largest absolute Gasteiger partial charge is 0.603 e. The fourth-order valence-electron chi connectivity index (χ4n) is 0.0577. The average molecular weight is 88.9 g/mol. The van der Waals surface area contributed by atoms with E-state index in [0.717, 1.165) is 0 Å². The van der Waals surface area contributed by atoms with Gasteiger partial charge in [-0.3, -0.25) is 5.34 Å². The van der Waals surface area contributed by atoms with Crippen LogP contribution in [0.15, 0.2) is 5.22 Å². The molecule has 0 aliphatic rings. The van der Waals surface area contributed by atoms with Crippen LogP contribution in [0.3, 0.4) is 0 Å². The van der Waals surface area contributed by atoms with Crippen molar-refractivity contribution >= 4 is 7.25 Å². The van der Waals surface area contributed by atoms with Crippen LogP contribution in [0.4, 0.5) is 0 Å². The van der Waals surface area contributed by atoms with Gasteiger partial charge in [-0.2, -0.15) is 5.53 Å². The van der Waals surface area contributed by atoms with E-state index in [1.807, 2.05) is 0 Å². The van der Waals surface area contributed by atoms with Crippen molar-refractivity contribution in [1.29, 1.82) is 5.53 Å². The molecule has 0 radical (unpaired) electrons. The third kappa shape index (κ3) is 3.38. The van der Waals surface area contributed by atoms with Crippen molar-refractivity contribution in [3.8, 4) is 0 Å². The third-order valence-electron chi connectivity index (χ3n) is 0.180. The number of nitrogens with zero attached hydrogens (tertiary/aromatic N) is 1. The molecule has 0 saturated carbocycles. The zero-order chi connectivity index (χ0) is 4.99. The van der Waals surface area contributed by atoms with Gasteiger partial charge in [-0.05, 0) is 0 Å². The number of hydrogen-bond acceptors (Lipinski definition) is 4. The molecular formula is H4BN3O2. The van der Waals surface area contributed by atoms with E-state index >= 15 is 0 Å². The fourth-order valence-corrected chi connectivity index (χ4v) is 0.0577. The first-order valence-electron chi connectivity index (χ1n) is 1.25. The lowest BCUT2D eigenvalue weighted by molar-refractivity contribution is 0.384. The third-order valence-corrected chi connectivity index (χ3v) is 0.180. The molecule has 0 spiro atoms. The molecule has 0 unspecified atom stereocenters. The Labute approximate surface area is 34.6 Å². The van der Waals surface area contributed by atoms with E-state index in [0.29, 0.717) is 0 Å². The van der Waals surface area contributed by atoms with Gasteiger partial charge in [0.15, 0.2) is 0 Å². The van der Waals surface area contributed by atoms with Gasteiger partial charge < -0.3 is 10.0 Å². The molecule has 0 aromatic rings. The predicted molar refractivity (Wildman–Crippen MR) is 18.5 cm³/mol. The predicted octanol–water partition coefficient (Wildman–Crippen LogP) is -1.51. The summed E-state index contributed by atoms with van der Waals surface area (Å²) in [6, 6.07) is 0. The first-order valence-corrected chi connectivity index (χ1v) is 1.25. The summed E-state index contributed by atoms with van der Waals surface area (Å²) in [4.78, 5) is 0. The minimum absolute atomic E-state index is 1.61. The van der Waals surface area contributed by atoms with Gasteiger partial charge in [0.1, 0.15) is 0 Å². The summed E-state index contributed by atoms with van der Waals surface area (Å²) in [5.41, 5.74) is 5.93. The highest BCUT2D eigenvalue weighted by Gasteiger charge is 2.01. The number of hydrogen-bond donors (Lipinski definition) is 4. The minimum Gasteiger partial charge on any atom is -0.407 e. The molecule has 0 rings (SSSR count). The van der Waals surface area contributed by atoms with E-state index in [1.165, 1.54) is 0 Å². The van der Waals surface area contributed by atoms with Gasteiger partial charge >= 0.3 is 7.25 Å². The van der Waals surface area contributed by atoms with Crippen LogP contribution in [-0.2, 0) is 0 Å². The summed E-state index contributed by atoms with van der Waals surface area (Å²) in [7, 11) is -1.71. The van der Waals surface area contributed by atoms with Crippen LogP contribution in [0, 0.1) is 5.53 Å². The van der Waals surface area contributed by atoms with Crippen molar-refractivity contribution in [1.82, 2.24) is 5.34 Å². The van der Waals surface area contributed by atoms with Gasteiger partial charge in [0.25, 0.3) is 0 Å². The minimum atomic E-state index is -1.71. The highest BCUT2D eigenvalue weighted by atomic mass is 16.4. The van der Waals surface area contributed by atoms with Crippen LogP contribution in [0.25, 0.3) is 0 Å². The number of nitrogens with one attached hydrogen (secondary N) is 2. The zero-order valence-corrected chi connectivity index (χ0v) is 2.92. The Kier molecular flexibility index (Phi) is 2.35. The van der Waals surface area contributed by atoms with Crippen LogP contribution in [0.1, 0.15) is 0 Å². The maximum absolute atomic E-state index is 7.78. The summed E-state index contributed by atoms with van der Waals surface area (Å²) >= 11 is 0. The summed E-state index contributed by atoms with van der Waals surface area (Å²) in [6.45, 7) is 0. The lowest BCUT2D eigenvalue weighted by Gasteiger charge is -1.87. The Hall–Kier alpha value is -0.615. The standard InChI is InChI=1S/BH4N3O2/c2-4-3-1(5)6/h5-6H,(H2,2,3). The van der Waals surface area contributed by atoms with E-state index in [4.69, 9.17) is 15.6 Å². The van der Waals surface area contributed by atoms with Gasteiger partial charge in [-0.15, -0.1) is 0 Å². The fraction of sp³-hybridized carbons (Fsp3) is 0. The van der Waals surface area contributed by atoms with Crippen molar-refractivity contribution < 1.29 is 10.0 Å². The molecule has 0 aromatic heterocycles. The second kappa shape index (κ2) is 2.61. The summed E-state index contributed by atoms with van der Waals surface area (Å²) in [6.07, 6.45) is 0. The van der Waals surface area contributed by atoms with Crippen molar-refractivity contribution in [3.63, 3.8) is 0 Å². The molecule has 4 N–H and O–H groups in total. The zero-order valence-electron chi connectivity index (χ0n) is 2.92. The van der Waals surface area contributed by atoms with Gasteiger partial charge in [-0.1, -0.05) is 5.22 Å². The Morgan fingerprint density at radius 3 is 2.17 bits per heavy atom. The normalized spacial score (nSPS) is 7.00. The summed E-state index contributed by atoms with van der Waals surface area (Å²) < 4.78 is 0. The molecule has 0 aromatic carbocycles. The van der Waals surface area contributed by atoms with Crippen molar-refractivity contribution in [2.75, 3.05) is 0 Å². The Morgan fingerprint density at radius 1 is 1.67 bits per heavy atom. The molecule has 5 nitrogen and oxygen atoms in total. The van der Waals surface area contributed by atoms with Crippen LogP contribution in [0.5, 0.6) is 0 Å². The second-order valence-electron chi connectivity index (χ2n) is 0.615. The van der Waals surface area contributed by atoms with E-state index in [-0.39, 0.29) is 0 Å². The molecule has 0 saturated heterocycles. The Morgan fingerprint density at radius 2 is 2.17 bits per heavy atom. The first kappa shape index (κ1) is 5.38. The molecule has 0 bridgehead atoms. The van der Waals surface area contributed by atoms with E-state index in [1.54, 1.807) is 5.34 Å². The SMILES string of the molecule is N=NNB(O)O.